The molecule has 2 aromatic carbocycles. The molecular weight excluding hydrogens is 421 g/mol. The third kappa shape index (κ3) is 5.30. The maximum Gasteiger partial charge on any atom is 0.167 e. The lowest BCUT2D eigenvalue weighted by molar-refractivity contribution is 0.0716. The summed E-state index contributed by atoms with van der Waals surface area (Å²) >= 11 is 0. The first kappa shape index (κ1) is 23.1. The minimum Gasteiger partial charge on any atom is -0.493 e. The highest BCUT2D eigenvalue weighted by Gasteiger charge is 2.27. The van der Waals surface area contributed by atoms with Crippen molar-refractivity contribution in [2.24, 2.45) is 5.92 Å². The standard InChI is InChI=1S/C26H32FN3O3/c1-26(2,3)30-11-8-17(9-12-30)16-32-25-15-21-19(14-24(25)31-4)22(7-10-29-21)33-23-6-5-18(28)13-20(23)27/h5-7,10,13-15,17H,8-9,11-12,16,28H2,1-4H3. The van der Waals surface area contributed by atoms with Crippen molar-refractivity contribution in [1.82, 2.24) is 9.88 Å². The molecule has 0 radical (unpaired) electrons. The number of nitrogen functional groups attached to an aromatic ring is 1. The molecule has 0 bridgehead atoms. The van der Waals surface area contributed by atoms with Gasteiger partial charge in [-0.05, 0) is 76.9 Å². The van der Waals surface area contributed by atoms with Gasteiger partial charge in [-0.1, -0.05) is 0 Å². The van der Waals surface area contributed by atoms with Crippen molar-refractivity contribution in [2.75, 3.05) is 32.5 Å². The summed E-state index contributed by atoms with van der Waals surface area (Å²) in [5.41, 5.74) is 6.86. The zero-order valence-corrected chi connectivity index (χ0v) is 19.7. The van der Waals surface area contributed by atoms with Crippen molar-refractivity contribution < 1.29 is 18.6 Å². The van der Waals surface area contributed by atoms with Gasteiger partial charge in [-0.3, -0.25) is 9.88 Å². The highest BCUT2D eigenvalue weighted by molar-refractivity contribution is 5.88. The van der Waals surface area contributed by atoms with E-state index in [2.05, 4.69) is 30.7 Å². The molecule has 4 rings (SSSR count). The van der Waals surface area contributed by atoms with Crippen LogP contribution in [0.15, 0.2) is 42.6 Å². The molecule has 7 heteroatoms. The topological polar surface area (TPSA) is 69.8 Å². The van der Waals surface area contributed by atoms with Gasteiger partial charge in [-0.15, -0.1) is 0 Å². The van der Waals surface area contributed by atoms with Gasteiger partial charge in [0.15, 0.2) is 23.1 Å². The number of pyridine rings is 1. The number of hydrogen-bond donors (Lipinski definition) is 1. The predicted octanol–water partition coefficient (Wildman–Crippen LogP) is 5.65. The van der Waals surface area contributed by atoms with Gasteiger partial charge in [-0.2, -0.15) is 0 Å². The van der Waals surface area contributed by atoms with Gasteiger partial charge in [-0.25, -0.2) is 4.39 Å². The Labute approximate surface area is 194 Å². The molecule has 6 nitrogen and oxygen atoms in total. The van der Waals surface area contributed by atoms with Crippen molar-refractivity contribution in [3.63, 3.8) is 0 Å². The summed E-state index contributed by atoms with van der Waals surface area (Å²) in [4.78, 5) is 6.98. The third-order valence-corrected chi connectivity index (χ3v) is 6.20. The van der Waals surface area contributed by atoms with Crippen LogP contribution in [-0.4, -0.2) is 42.2 Å². The molecule has 3 aromatic rings. The van der Waals surface area contributed by atoms with Crippen LogP contribution in [-0.2, 0) is 0 Å². The minimum atomic E-state index is -0.524. The lowest BCUT2D eigenvalue weighted by Crippen LogP contribution is -2.46. The second kappa shape index (κ2) is 9.43. The third-order valence-electron chi connectivity index (χ3n) is 6.20. The fourth-order valence-electron chi connectivity index (χ4n) is 4.19. The molecule has 1 fully saturated rings. The summed E-state index contributed by atoms with van der Waals surface area (Å²) in [6.07, 6.45) is 3.85. The molecule has 1 saturated heterocycles. The monoisotopic (exact) mass is 453 g/mol. The normalized spacial score (nSPS) is 15.5. The Morgan fingerprint density at radius 2 is 1.79 bits per heavy atom. The lowest BCUT2D eigenvalue weighted by Gasteiger charge is -2.40. The number of anilines is 1. The second-order valence-electron chi connectivity index (χ2n) is 9.53. The average Bonchev–Trinajstić information content (AvgIpc) is 2.78. The van der Waals surface area contributed by atoms with E-state index in [1.807, 2.05) is 12.1 Å². The van der Waals surface area contributed by atoms with Crippen LogP contribution in [0.2, 0.25) is 0 Å². The van der Waals surface area contributed by atoms with E-state index in [9.17, 15) is 4.39 Å². The molecule has 1 aliphatic heterocycles. The van der Waals surface area contributed by atoms with E-state index >= 15 is 0 Å². The number of benzene rings is 2. The minimum absolute atomic E-state index is 0.0950. The van der Waals surface area contributed by atoms with Crippen LogP contribution in [0.4, 0.5) is 10.1 Å². The summed E-state index contributed by atoms with van der Waals surface area (Å²) in [7, 11) is 1.60. The molecule has 0 atom stereocenters. The maximum absolute atomic E-state index is 14.2. The van der Waals surface area contributed by atoms with E-state index in [4.69, 9.17) is 19.9 Å². The van der Waals surface area contributed by atoms with Gasteiger partial charge < -0.3 is 19.9 Å². The van der Waals surface area contributed by atoms with Gasteiger partial charge in [0.1, 0.15) is 5.75 Å². The number of methoxy groups -OCH3 is 1. The molecule has 0 unspecified atom stereocenters. The number of hydrogen-bond acceptors (Lipinski definition) is 6. The molecule has 176 valence electrons. The number of nitrogens with two attached hydrogens (primary N) is 1. The maximum atomic E-state index is 14.2. The first-order chi connectivity index (χ1) is 15.7. The average molecular weight is 454 g/mol. The summed E-state index contributed by atoms with van der Waals surface area (Å²) in [6.45, 7) is 9.57. The highest BCUT2D eigenvalue weighted by atomic mass is 19.1. The first-order valence-electron chi connectivity index (χ1n) is 11.3. The molecule has 2 N–H and O–H groups in total. The van der Waals surface area contributed by atoms with Gasteiger partial charge in [0, 0.05) is 34.9 Å². The van der Waals surface area contributed by atoms with Crippen LogP contribution in [0, 0.1) is 11.7 Å². The zero-order chi connectivity index (χ0) is 23.6. The quantitative estimate of drug-likeness (QED) is 0.487. The Kier molecular flexibility index (Phi) is 6.61. The van der Waals surface area contributed by atoms with Crippen LogP contribution in [0.5, 0.6) is 23.0 Å². The predicted molar refractivity (Wildman–Crippen MR) is 129 cm³/mol. The number of aromatic nitrogens is 1. The molecule has 0 saturated carbocycles. The fourth-order valence-corrected chi connectivity index (χ4v) is 4.19. The Hall–Kier alpha value is -3.06. The van der Waals surface area contributed by atoms with Crippen molar-refractivity contribution in [1.29, 1.82) is 0 Å². The van der Waals surface area contributed by atoms with Crippen LogP contribution in [0.3, 0.4) is 0 Å². The number of fused-ring (bicyclic) bond motifs is 1. The number of halogens is 1. The largest absolute Gasteiger partial charge is 0.493 e. The number of ether oxygens (including phenoxy) is 3. The van der Waals surface area contributed by atoms with E-state index in [1.54, 1.807) is 25.4 Å². The van der Waals surface area contributed by atoms with E-state index in [0.29, 0.717) is 46.4 Å². The van der Waals surface area contributed by atoms with Crippen LogP contribution >= 0.6 is 0 Å². The number of nitrogens with zero attached hydrogens (tertiary/aromatic N) is 2. The summed E-state index contributed by atoms with van der Waals surface area (Å²) in [5, 5.41) is 0.705. The Morgan fingerprint density at radius 1 is 1.03 bits per heavy atom. The zero-order valence-electron chi connectivity index (χ0n) is 19.7. The molecule has 0 amide bonds. The van der Waals surface area contributed by atoms with Crippen molar-refractivity contribution >= 4 is 16.6 Å². The van der Waals surface area contributed by atoms with E-state index in [1.165, 1.54) is 12.1 Å². The molecule has 1 aromatic heterocycles. The van der Waals surface area contributed by atoms with Gasteiger partial charge in [0.05, 0.1) is 19.2 Å². The Morgan fingerprint density at radius 3 is 2.45 bits per heavy atom. The van der Waals surface area contributed by atoms with Gasteiger partial charge in [0.25, 0.3) is 0 Å². The highest BCUT2D eigenvalue weighted by Crippen LogP contribution is 2.38. The van der Waals surface area contributed by atoms with Crippen molar-refractivity contribution in [3.8, 4) is 23.0 Å². The van der Waals surface area contributed by atoms with Gasteiger partial charge >= 0.3 is 0 Å². The summed E-state index contributed by atoms with van der Waals surface area (Å²) in [6, 6.07) is 9.71. The first-order valence-corrected chi connectivity index (χ1v) is 11.3. The molecule has 0 aliphatic carbocycles. The fraction of sp³-hybridized carbons (Fsp3) is 0.423. The SMILES string of the molecule is COc1cc2c(Oc3ccc(N)cc3F)ccnc2cc1OCC1CCN(C(C)(C)C)CC1. The number of likely N-dealkylation sites (tertiary alicyclic amines) is 1. The molecule has 2 heterocycles. The van der Waals surface area contributed by atoms with Crippen LogP contribution < -0.4 is 19.9 Å². The smallest absolute Gasteiger partial charge is 0.167 e. The molecule has 33 heavy (non-hydrogen) atoms. The van der Waals surface area contributed by atoms with Crippen molar-refractivity contribution in [3.05, 3.63) is 48.4 Å². The lowest BCUT2D eigenvalue weighted by atomic mass is 9.93. The van der Waals surface area contributed by atoms with Gasteiger partial charge in [0.2, 0.25) is 0 Å². The Bertz CT molecular complexity index is 1120. The van der Waals surface area contributed by atoms with E-state index < -0.39 is 5.82 Å². The molecule has 0 spiro atoms. The summed E-state index contributed by atoms with van der Waals surface area (Å²) in [5.74, 6) is 1.78. The van der Waals surface area contributed by atoms with Crippen molar-refractivity contribution in [2.45, 2.75) is 39.2 Å². The van der Waals surface area contributed by atoms with E-state index in [0.717, 1.165) is 25.9 Å². The summed E-state index contributed by atoms with van der Waals surface area (Å²) < 4.78 is 31.9. The van der Waals surface area contributed by atoms with Crippen LogP contribution in [0.25, 0.3) is 10.9 Å². The van der Waals surface area contributed by atoms with E-state index in [-0.39, 0.29) is 11.3 Å². The molecule has 1 aliphatic rings. The van der Waals surface area contributed by atoms with Crippen LogP contribution in [0.1, 0.15) is 33.6 Å². The number of rotatable bonds is 6. The number of piperidine rings is 1. The second-order valence-corrected chi connectivity index (χ2v) is 9.53. The Balaban J connectivity index is 1.51. The molecular formula is C26H32FN3O3.